The number of nitrogens with two attached hydrogens (primary N) is 1. The van der Waals surface area contributed by atoms with E-state index in [0.717, 1.165) is 0 Å². The molecule has 2 rings (SSSR count). The lowest BCUT2D eigenvalue weighted by Gasteiger charge is -2.06. The first-order valence-electron chi connectivity index (χ1n) is 3.79. The second kappa shape index (κ2) is 4.70. The molecule has 3 N–H and O–H groups in total. The van der Waals surface area contributed by atoms with E-state index >= 15 is 0 Å². The Bertz CT molecular complexity index is 384. The summed E-state index contributed by atoms with van der Waals surface area (Å²) in [5.74, 6) is 0. The maximum Gasteiger partial charge on any atom is 0.424 e. The Morgan fingerprint density at radius 1 is 1.47 bits per heavy atom. The highest BCUT2D eigenvalue weighted by molar-refractivity contribution is 7.87. The number of H-pyrrole nitrogens is 1. The van der Waals surface area contributed by atoms with Gasteiger partial charge in [0.1, 0.15) is 6.61 Å². The molecule has 1 aliphatic heterocycles. The van der Waals surface area contributed by atoms with Crippen molar-refractivity contribution in [2.24, 2.45) is 5.14 Å². The van der Waals surface area contributed by atoms with E-state index in [-0.39, 0.29) is 13.2 Å². The van der Waals surface area contributed by atoms with Crippen LogP contribution < -0.4 is 5.14 Å². The molecular formula is C5H9N5O4S. The monoisotopic (exact) mass is 235 g/mol. The van der Waals surface area contributed by atoms with Gasteiger partial charge in [-0.05, 0) is 0 Å². The van der Waals surface area contributed by atoms with Crippen LogP contribution in [0.15, 0.2) is 12.4 Å². The number of aromatic nitrogens is 3. The number of nitrogens with zero attached hydrogens (tertiary/aromatic N) is 3. The highest BCUT2D eigenvalue weighted by atomic mass is 32.2. The van der Waals surface area contributed by atoms with Crippen molar-refractivity contribution in [2.45, 2.75) is 0 Å². The van der Waals surface area contributed by atoms with Gasteiger partial charge in [-0.1, -0.05) is 0 Å². The van der Waals surface area contributed by atoms with Crippen LogP contribution in [0, 0.1) is 0 Å². The molecule has 0 aliphatic carbocycles. The number of carbonyl (C=O) groups excluding carboxylic acids is 1. The van der Waals surface area contributed by atoms with E-state index in [4.69, 9.17) is 0 Å². The fourth-order valence-electron chi connectivity index (χ4n) is 0.777. The number of nitrogens with one attached hydrogen (secondary N) is 1. The summed E-state index contributed by atoms with van der Waals surface area (Å²) < 4.78 is 25.7. The van der Waals surface area contributed by atoms with E-state index in [0.29, 0.717) is 4.31 Å². The molecule has 0 radical (unpaired) electrons. The second-order valence-electron chi connectivity index (χ2n) is 2.39. The van der Waals surface area contributed by atoms with Crippen molar-refractivity contribution in [3.05, 3.63) is 12.4 Å². The van der Waals surface area contributed by atoms with Gasteiger partial charge in [0.05, 0.1) is 18.9 Å². The fourth-order valence-corrected chi connectivity index (χ4v) is 1.37. The van der Waals surface area contributed by atoms with Gasteiger partial charge in [0.2, 0.25) is 0 Å². The van der Waals surface area contributed by atoms with Gasteiger partial charge in [-0.3, -0.25) is 0 Å². The molecule has 0 unspecified atom stereocenters. The van der Waals surface area contributed by atoms with Crippen LogP contribution in [0.3, 0.4) is 0 Å². The second-order valence-corrected chi connectivity index (χ2v) is 3.86. The first-order valence-corrected chi connectivity index (χ1v) is 5.29. The average molecular weight is 235 g/mol. The molecule has 0 spiro atoms. The number of hydrogen-bond donors (Lipinski definition) is 2. The Balaban J connectivity index is 0.000000187. The Morgan fingerprint density at radius 2 is 2.07 bits per heavy atom. The molecule has 84 valence electrons. The van der Waals surface area contributed by atoms with E-state index < -0.39 is 16.3 Å². The Hall–Kier alpha value is -1.68. The van der Waals surface area contributed by atoms with Crippen molar-refractivity contribution in [3.63, 3.8) is 0 Å². The Kier molecular flexibility index (Phi) is 3.57. The van der Waals surface area contributed by atoms with Gasteiger partial charge >= 0.3 is 16.3 Å². The van der Waals surface area contributed by atoms with Crippen LogP contribution >= 0.6 is 0 Å². The van der Waals surface area contributed by atoms with E-state index in [9.17, 15) is 13.2 Å². The molecule has 15 heavy (non-hydrogen) atoms. The summed E-state index contributed by atoms with van der Waals surface area (Å²) in [6.45, 7) is 0.0902. The van der Waals surface area contributed by atoms with Gasteiger partial charge in [0.25, 0.3) is 0 Å². The minimum atomic E-state index is -3.89. The summed E-state index contributed by atoms with van der Waals surface area (Å²) in [7, 11) is -3.89. The molecule has 9 nitrogen and oxygen atoms in total. The summed E-state index contributed by atoms with van der Waals surface area (Å²) in [5.41, 5.74) is 0. The van der Waals surface area contributed by atoms with Crippen molar-refractivity contribution in [1.82, 2.24) is 19.7 Å². The lowest BCUT2D eigenvalue weighted by Crippen LogP contribution is -2.37. The molecule has 0 bridgehead atoms. The normalized spacial score (nSPS) is 15.5. The minimum Gasteiger partial charge on any atom is -0.447 e. The molecule has 0 aromatic carbocycles. The molecule has 1 aromatic heterocycles. The summed E-state index contributed by atoms with van der Waals surface area (Å²) in [6, 6.07) is 0. The van der Waals surface area contributed by atoms with Crippen LogP contribution in [-0.2, 0) is 14.9 Å². The smallest absolute Gasteiger partial charge is 0.424 e. The molecule has 1 fully saturated rings. The molecule has 1 amide bonds. The van der Waals surface area contributed by atoms with Crippen molar-refractivity contribution < 1.29 is 17.9 Å². The number of rotatable bonds is 1. The van der Waals surface area contributed by atoms with Gasteiger partial charge in [-0.25, -0.2) is 9.93 Å². The molecule has 1 aromatic rings. The van der Waals surface area contributed by atoms with Crippen molar-refractivity contribution in [2.75, 3.05) is 13.2 Å². The Labute approximate surface area is 85.4 Å². The summed E-state index contributed by atoms with van der Waals surface area (Å²) in [6.07, 6.45) is 2.27. The predicted octanol–water partition coefficient (Wildman–Crippen LogP) is -1.55. The molecular weight excluding hydrogens is 226 g/mol. The van der Waals surface area contributed by atoms with Gasteiger partial charge < -0.3 is 4.74 Å². The van der Waals surface area contributed by atoms with E-state index in [2.05, 4.69) is 25.3 Å². The van der Waals surface area contributed by atoms with Crippen molar-refractivity contribution >= 4 is 16.3 Å². The number of hydrogen-bond acceptors (Lipinski definition) is 6. The van der Waals surface area contributed by atoms with Crippen LogP contribution in [0.2, 0.25) is 0 Å². The highest BCUT2D eigenvalue weighted by Crippen LogP contribution is 2.05. The zero-order chi connectivity index (χ0) is 11.3. The lowest BCUT2D eigenvalue weighted by atomic mass is 10.7. The van der Waals surface area contributed by atoms with E-state index in [1.54, 1.807) is 12.4 Å². The molecule has 0 atom stereocenters. The third-order valence-corrected chi connectivity index (χ3v) is 2.31. The third-order valence-electron chi connectivity index (χ3n) is 1.36. The van der Waals surface area contributed by atoms with Crippen molar-refractivity contribution in [1.29, 1.82) is 0 Å². The zero-order valence-electron chi connectivity index (χ0n) is 7.53. The number of ether oxygens (including phenoxy) is 1. The quantitative estimate of drug-likeness (QED) is 0.605. The van der Waals surface area contributed by atoms with E-state index in [1.807, 2.05) is 0 Å². The summed E-state index contributed by atoms with van der Waals surface area (Å²) >= 11 is 0. The molecule has 2 heterocycles. The van der Waals surface area contributed by atoms with Crippen molar-refractivity contribution in [3.8, 4) is 0 Å². The first-order chi connectivity index (χ1) is 7.02. The third kappa shape index (κ3) is 3.52. The number of cyclic esters (lactones) is 1. The van der Waals surface area contributed by atoms with Gasteiger partial charge in [0, 0.05) is 0 Å². The van der Waals surface area contributed by atoms with Gasteiger partial charge in [-0.15, -0.1) is 0 Å². The SMILES string of the molecule is NS(=O)(=O)N1CCOC1=O.c1cn[nH]n1. The highest BCUT2D eigenvalue weighted by Gasteiger charge is 2.30. The van der Waals surface area contributed by atoms with E-state index in [1.165, 1.54) is 0 Å². The maximum absolute atomic E-state index is 10.5. The Morgan fingerprint density at radius 3 is 2.27 bits per heavy atom. The van der Waals surface area contributed by atoms with Crippen LogP contribution in [0.1, 0.15) is 0 Å². The average Bonchev–Trinajstić information content (AvgIpc) is 2.72. The summed E-state index contributed by atoms with van der Waals surface area (Å²) in [4.78, 5) is 10.5. The standard InChI is InChI=1S/C3H6N2O4S.C2H3N3/c4-10(7,8)5-1-2-9-3(5)6;1-2-4-5-3-1/h1-2H2,(H2,4,7,8);1-2H,(H,3,4,5). The number of aromatic amines is 1. The van der Waals surface area contributed by atoms with Crippen LogP contribution in [0.4, 0.5) is 4.79 Å². The topological polar surface area (TPSA) is 131 Å². The molecule has 10 heteroatoms. The lowest BCUT2D eigenvalue weighted by molar-refractivity contribution is 0.170. The van der Waals surface area contributed by atoms with Gasteiger partial charge in [0.15, 0.2) is 0 Å². The molecule has 1 saturated heterocycles. The molecule has 1 aliphatic rings. The zero-order valence-corrected chi connectivity index (χ0v) is 8.35. The number of amides is 1. The van der Waals surface area contributed by atoms with Crippen LogP contribution in [-0.4, -0.2) is 47.4 Å². The summed E-state index contributed by atoms with van der Waals surface area (Å²) in [5, 5.41) is 14.0. The predicted molar refractivity (Wildman–Crippen MR) is 47.5 cm³/mol. The van der Waals surface area contributed by atoms with Crippen LogP contribution in [0.5, 0.6) is 0 Å². The largest absolute Gasteiger partial charge is 0.447 e. The minimum absolute atomic E-state index is 0.0116. The molecule has 0 saturated carbocycles. The first kappa shape index (κ1) is 11.4. The van der Waals surface area contributed by atoms with Crippen LogP contribution in [0.25, 0.3) is 0 Å². The maximum atomic E-state index is 10.5. The fraction of sp³-hybridized carbons (Fsp3) is 0.400. The number of carbonyl (C=O) groups is 1. The van der Waals surface area contributed by atoms with Gasteiger partial charge in [-0.2, -0.15) is 28.1 Å².